The lowest BCUT2D eigenvalue weighted by atomic mass is 9.99. The summed E-state index contributed by atoms with van der Waals surface area (Å²) in [5, 5.41) is 5.00. The zero-order valence-electron chi connectivity index (χ0n) is 16.3. The molecule has 1 unspecified atom stereocenters. The Hall–Kier alpha value is -2.86. The first kappa shape index (κ1) is 19.5. The number of piperidine rings is 1. The first-order chi connectivity index (χ1) is 14.1. The zero-order valence-corrected chi connectivity index (χ0v) is 17.0. The Kier molecular flexibility index (Phi) is 5.81. The quantitative estimate of drug-likeness (QED) is 0.633. The van der Waals surface area contributed by atoms with Crippen molar-refractivity contribution < 1.29 is 9.53 Å². The van der Waals surface area contributed by atoms with Gasteiger partial charge in [0.05, 0.1) is 17.3 Å². The van der Waals surface area contributed by atoms with Crippen LogP contribution in [0.3, 0.4) is 0 Å². The summed E-state index contributed by atoms with van der Waals surface area (Å²) in [6, 6.07) is 17.1. The molecule has 1 aliphatic heterocycles. The van der Waals surface area contributed by atoms with E-state index < -0.39 is 0 Å². The van der Waals surface area contributed by atoms with E-state index in [4.69, 9.17) is 16.3 Å². The van der Waals surface area contributed by atoms with E-state index in [-0.39, 0.29) is 11.7 Å². The van der Waals surface area contributed by atoms with Crippen molar-refractivity contribution in [2.45, 2.75) is 19.8 Å². The van der Waals surface area contributed by atoms with Gasteiger partial charge < -0.3 is 9.64 Å². The number of benzene rings is 2. The van der Waals surface area contributed by atoms with Crippen LogP contribution in [0.4, 0.5) is 0 Å². The molecule has 150 valence electrons. The minimum absolute atomic E-state index is 0.150. The van der Waals surface area contributed by atoms with Gasteiger partial charge in [-0.25, -0.2) is 9.67 Å². The highest BCUT2D eigenvalue weighted by Crippen LogP contribution is 2.22. The van der Waals surface area contributed by atoms with Gasteiger partial charge in [0.15, 0.2) is 0 Å². The van der Waals surface area contributed by atoms with E-state index in [1.54, 1.807) is 10.7 Å². The highest BCUT2D eigenvalue weighted by molar-refractivity contribution is 6.32. The van der Waals surface area contributed by atoms with Gasteiger partial charge in [-0.3, -0.25) is 4.79 Å². The number of rotatable bonds is 5. The van der Waals surface area contributed by atoms with Crippen molar-refractivity contribution >= 4 is 17.5 Å². The van der Waals surface area contributed by atoms with Crippen LogP contribution in [0.5, 0.6) is 5.75 Å². The summed E-state index contributed by atoms with van der Waals surface area (Å²) >= 11 is 6.27. The number of hydrogen-bond acceptors (Lipinski definition) is 4. The molecule has 1 fully saturated rings. The minimum atomic E-state index is -0.150. The smallest absolute Gasteiger partial charge is 0.293 e. The molecular weight excluding hydrogens is 388 g/mol. The molecular formula is C22H23ClN4O2. The lowest BCUT2D eigenvalue weighted by Crippen LogP contribution is -2.42. The van der Waals surface area contributed by atoms with Gasteiger partial charge in [-0.15, -0.1) is 5.10 Å². The third kappa shape index (κ3) is 4.43. The number of hydrogen-bond donors (Lipinski definition) is 0. The normalized spacial score (nSPS) is 16.6. The van der Waals surface area contributed by atoms with Gasteiger partial charge in [0.2, 0.25) is 5.82 Å². The molecule has 3 aromatic rings. The predicted octanol–water partition coefficient (Wildman–Crippen LogP) is 4.16. The molecule has 2 aromatic carbocycles. The molecule has 0 spiro atoms. The Morgan fingerprint density at radius 2 is 1.93 bits per heavy atom. The fourth-order valence-corrected chi connectivity index (χ4v) is 3.81. The molecule has 0 N–H and O–H groups in total. The first-order valence-electron chi connectivity index (χ1n) is 9.77. The maximum Gasteiger partial charge on any atom is 0.293 e. The van der Waals surface area contributed by atoms with E-state index in [1.807, 2.05) is 60.4 Å². The Morgan fingerprint density at radius 1 is 1.17 bits per heavy atom. The van der Waals surface area contributed by atoms with Crippen molar-refractivity contribution in [1.29, 1.82) is 0 Å². The number of amides is 1. The summed E-state index contributed by atoms with van der Waals surface area (Å²) in [5.41, 5.74) is 0.714. The molecule has 1 saturated heterocycles. The summed E-state index contributed by atoms with van der Waals surface area (Å²) in [5.74, 6) is 1.82. The number of aryl methyl sites for hydroxylation is 1. The Balaban J connectivity index is 1.44. The summed E-state index contributed by atoms with van der Waals surface area (Å²) in [4.78, 5) is 19.2. The second-order valence-electron chi connectivity index (χ2n) is 7.23. The van der Waals surface area contributed by atoms with Gasteiger partial charge in [0.25, 0.3) is 5.91 Å². The number of para-hydroxylation sites is 2. The standard InChI is InChI=1S/C22H23ClN4O2/c1-16-24-21(25-27(16)20-12-6-5-11-19(20)23)22(28)26-13-7-8-17(14-26)15-29-18-9-3-2-4-10-18/h2-6,9-12,17H,7-8,13-15H2,1H3. The van der Waals surface area contributed by atoms with E-state index >= 15 is 0 Å². The molecule has 0 saturated carbocycles. The maximum absolute atomic E-state index is 13.0. The number of nitrogens with zero attached hydrogens (tertiary/aromatic N) is 4. The topological polar surface area (TPSA) is 60.3 Å². The molecule has 4 rings (SSSR count). The number of ether oxygens (including phenoxy) is 1. The van der Waals surface area contributed by atoms with Crippen LogP contribution < -0.4 is 4.74 Å². The van der Waals surface area contributed by atoms with Gasteiger partial charge in [-0.05, 0) is 44.0 Å². The summed E-state index contributed by atoms with van der Waals surface area (Å²) in [6.07, 6.45) is 1.98. The fourth-order valence-electron chi connectivity index (χ4n) is 3.59. The fraction of sp³-hybridized carbons (Fsp3) is 0.318. The third-order valence-corrected chi connectivity index (χ3v) is 5.40. The van der Waals surface area contributed by atoms with Gasteiger partial charge >= 0.3 is 0 Å². The molecule has 1 aliphatic rings. The first-order valence-corrected chi connectivity index (χ1v) is 10.2. The van der Waals surface area contributed by atoms with Crippen LogP contribution in [-0.4, -0.2) is 45.3 Å². The lowest BCUT2D eigenvalue weighted by molar-refractivity contribution is 0.0621. The van der Waals surface area contributed by atoms with Gasteiger partial charge in [-0.2, -0.15) is 0 Å². The van der Waals surface area contributed by atoms with Crippen molar-refractivity contribution in [2.24, 2.45) is 5.92 Å². The molecule has 29 heavy (non-hydrogen) atoms. The van der Waals surface area contributed by atoms with Crippen LogP contribution in [0.25, 0.3) is 5.69 Å². The molecule has 0 radical (unpaired) electrons. The van der Waals surface area contributed by atoms with Crippen molar-refractivity contribution in [1.82, 2.24) is 19.7 Å². The molecule has 2 heterocycles. The van der Waals surface area contributed by atoms with Crippen LogP contribution in [0.15, 0.2) is 54.6 Å². The number of carbonyl (C=O) groups excluding carboxylic acids is 1. The van der Waals surface area contributed by atoms with E-state index in [9.17, 15) is 4.79 Å². The average Bonchev–Trinajstić information content (AvgIpc) is 3.14. The Labute approximate surface area is 175 Å². The minimum Gasteiger partial charge on any atom is -0.493 e. The maximum atomic E-state index is 13.0. The summed E-state index contributed by atoms with van der Waals surface area (Å²) in [7, 11) is 0. The second-order valence-corrected chi connectivity index (χ2v) is 7.64. The third-order valence-electron chi connectivity index (χ3n) is 5.08. The van der Waals surface area contributed by atoms with Gasteiger partial charge in [0.1, 0.15) is 11.6 Å². The molecule has 1 aromatic heterocycles. The monoisotopic (exact) mass is 410 g/mol. The predicted molar refractivity (Wildman–Crippen MR) is 112 cm³/mol. The van der Waals surface area contributed by atoms with Crippen molar-refractivity contribution in [3.05, 3.63) is 71.3 Å². The highest BCUT2D eigenvalue weighted by atomic mass is 35.5. The van der Waals surface area contributed by atoms with Gasteiger partial charge in [0, 0.05) is 19.0 Å². The highest BCUT2D eigenvalue weighted by Gasteiger charge is 2.28. The van der Waals surface area contributed by atoms with Crippen molar-refractivity contribution in [3.63, 3.8) is 0 Å². The molecule has 6 nitrogen and oxygen atoms in total. The second kappa shape index (κ2) is 8.66. The van der Waals surface area contributed by atoms with Gasteiger partial charge in [-0.1, -0.05) is 41.9 Å². The number of carbonyl (C=O) groups is 1. The Morgan fingerprint density at radius 3 is 2.72 bits per heavy atom. The number of halogens is 1. The zero-order chi connectivity index (χ0) is 20.2. The van der Waals surface area contributed by atoms with Crippen LogP contribution in [0.2, 0.25) is 5.02 Å². The summed E-state index contributed by atoms with van der Waals surface area (Å²) in [6.45, 7) is 3.76. The average molecular weight is 411 g/mol. The van der Waals surface area contributed by atoms with E-state index in [2.05, 4.69) is 10.1 Å². The summed E-state index contributed by atoms with van der Waals surface area (Å²) < 4.78 is 7.51. The van der Waals surface area contributed by atoms with E-state index in [0.29, 0.717) is 42.1 Å². The van der Waals surface area contributed by atoms with E-state index in [0.717, 1.165) is 18.6 Å². The number of likely N-dealkylation sites (tertiary alicyclic amines) is 1. The molecule has 7 heteroatoms. The largest absolute Gasteiger partial charge is 0.493 e. The van der Waals surface area contributed by atoms with E-state index in [1.165, 1.54) is 0 Å². The molecule has 1 amide bonds. The van der Waals surface area contributed by atoms with Crippen LogP contribution in [0, 0.1) is 12.8 Å². The Bertz CT molecular complexity index is 989. The lowest BCUT2D eigenvalue weighted by Gasteiger charge is -2.31. The van der Waals surface area contributed by atoms with Crippen LogP contribution in [-0.2, 0) is 0 Å². The molecule has 0 bridgehead atoms. The SMILES string of the molecule is Cc1nc(C(=O)N2CCCC(COc3ccccc3)C2)nn1-c1ccccc1Cl. The van der Waals surface area contributed by atoms with Crippen LogP contribution >= 0.6 is 11.6 Å². The van der Waals surface area contributed by atoms with Crippen LogP contribution in [0.1, 0.15) is 29.3 Å². The number of aromatic nitrogens is 3. The molecule has 1 atom stereocenters. The van der Waals surface area contributed by atoms with Crippen molar-refractivity contribution in [3.8, 4) is 11.4 Å². The van der Waals surface area contributed by atoms with Crippen molar-refractivity contribution in [2.75, 3.05) is 19.7 Å². The molecule has 0 aliphatic carbocycles.